The van der Waals surface area contributed by atoms with Crippen LogP contribution in [0.1, 0.15) is 45.6 Å². The van der Waals surface area contributed by atoms with Gasteiger partial charge in [-0.05, 0) is 31.0 Å². The minimum absolute atomic E-state index is 0.0143. The van der Waals surface area contributed by atoms with Crippen molar-refractivity contribution in [3.63, 3.8) is 0 Å². The fraction of sp³-hybridized carbons (Fsp3) is 0.500. The van der Waals surface area contributed by atoms with Gasteiger partial charge in [0.2, 0.25) is 11.8 Å². The maximum atomic E-state index is 11.7. The van der Waals surface area contributed by atoms with Crippen LogP contribution in [0.4, 0.5) is 0 Å². The molecule has 1 aromatic carbocycles. The van der Waals surface area contributed by atoms with Gasteiger partial charge in [0, 0.05) is 32.4 Å². The van der Waals surface area contributed by atoms with Gasteiger partial charge in [-0.1, -0.05) is 26.0 Å². The Morgan fingerprint density at radius 1 is 0.920 bits per heavy atom. The van der Waals surface area contributed by atoms with Crippen LogP contribution in [0.15, 0.2) is 24.3 Å². The Morgan fingerprint density at radius 3 is 1.92 bits per heavy atom. The number of rotatable bonds is 10. The van der Waals surface area contributed by atoms with E-state index in [0.717, 1.165) is 5.56 Å². The predicted octanol–water partition coefficient (Wildman–Crippen LogP) is 1.50. The Balaban J connectivity index is 0.00000277. The first-order chi connectivity index (χ1) is 12.0. The molecule has 0 bridgehead atoms. The van der Waals surface area contributed by atoms with Crippen molar-refractivity contribution in [2.24, 2.45) is 5.90 Å². The minimum atomic E-state index is -0.184. The number of aryl methyl sites for hydroxylation is 1. The molecule has 25 heavy (non-hydrogen) atoms. The summed E-state index contributed by atoms with van der Waals surface area (Å²) >= 11 is 0. The average molecular weight is 351 g/mol. The first-order valence-corrected chi connectivity index (χ1v) is 8.49. The summed E-state index contributed by atoms with van der Waals surface area (Å²) in [4.78, 5) is 38.4. The maximum absolute atomic E-state index is 11.7. The zero-order chi connectivity index (χ0) is 19.1. The summed E-state index contributed by atoms with van der Waals surface area (Å²) < 4.78 is 0. The summed E-state index contributed by atoms with van der Waals surface area (Å²) in [5, 5.41) is 5.38. The van der Waals surface area contributed by atoms with E-state index in [1.54, 1.807) is 12.1 Å². The van der Waals surface area contributed by atoms with Crippen LogP contribution >= 0.6 is 0 Å². The number of Topliss-reactive ketones (excluding diaryl/α,β-unsaturated/α-hetero) is 1. The standard InChI is InChI=1S/C16H23N3O4.C2H6/c1-12(20)2-8-15(21)18-10-11-19-16(22)9-5-13-3-6-14(23-17)7-4-13;1-2/h3-4,6-7H,2,5,8-11,17H2,1H3,(H,18,21)(H,19,22);1-2H3. The van der Waals surface area contributed by atoms with Gasteiger partial charge in [-0.25, -0.2) is 0 Å². The average Bonchev–Trinajstić information content (AvgIpc) is 2.64. The largest absolute Gasteiger partial charge is 0.412 e. The van der Waals surface area contributed by atoms with E-state index in [0.29, 0.717) is 31.7 Å². The van der Waals surface area contributed by atoms with Crippen molar-refractivity contribution in [1.82, 2.24) is 10.6 Å². The SMILES string of the molecule is CC.CC(=O)CCC(=O)NCCNC(=O)CCc1ccc(ON)cc1. The molecule has 2 amide bonds. The molecule has 0 spiro atoms. The number of hydrogen-bond acceptors (Lipinski definition) is 5. The summed E-state index contributed by atoms with van der Waals surface area (Å²) in [6.45, 7) is 6.17. The third kappa shape index (κ3) is 11.7. The van der Waals surface area contributed by atoms with Gasteiger partial charge < -0.3 is 20.3 Å². The lowest BCUT2D eigenvalue weighted by molar-refractivity contribution is -0.124. The van der Waals surface area contributed by atoms with Crippen LogP contribution in [-0.2, 0) is 20.8 Å². The third-order valence-electron chi connectivity index (χ3n) is 3.17. The minimum Gasteiger partial charge on any atom is -0.412 e. The van der Waals surface area contributed by atoms with E-state index in [9.17, 15) is 14.4 Å². The van der Waals surface area contributed by atoms with Gasteiger partial charge in [0.25, 0.3) is 0 Å². The Morgan fingerprint density at radius 2 is 1.44 bits per heavy atom. The molecule has 0 atom stereocenters. The molecular formula is C18H29N3O4. The number of hydrogen-bond donors (Lipinski definition) is 3. The van der Waals surface area contributed by atoms with Gasteiger partial charge in [-0.2, -0.15) is 5.90 Å². The highest BCUT2D eigenvalue weighted by Gasteiger charge is 2.04. The molecule has 7 nitrogen and oxygen atoms in total. The lowest BCUT2D eigenvalue weighted by atomic mass is 10.1. The molecule has 0 aliphatic rings. The number of amides is 2. The van der Waals surface area contributed by atoms with Crippen molar-refractivity contribution in [3.8, 4) is 5.75 Å². The molecule has 1 aromatic rings. The maximum Gasteiger partial charge on any atom is 0.220 e. The van der Waals surface area contributed by atoms with E-state index < -0.39 is 0 Å². The van der Waals surface area contributed by atoms with Crippen LogP contribution in [0.25, 0.3) is 0 Å². The molecule has 0 saturated carbocycles. The molecule has 0 saturated heterocycles. The number of nitrogens with two attached hydrogens (primary N) is 1. The Hall–Kier alpha value is -2.41. The quantitative estimate of drug-likeness (QED) is 0.437. The summed E-state index contributed by atoms with van der Waals surface area (Å²) in [5.74, 6) is 5.32. The topological polar surface area (TPSA) is 111 Å². The fourth-order valence-corrected chi connectivity index (χ4v) is 1.86. The van der Waals surface area contributed by atoms with Gasteiger partial charge >= 0.3 is 0 Å². The third-order valence-corrected chi connectivity index (χ3v) is 3.17. The Labute approximate surface area is 149 Å². The van der Waals surface area contributed by atoms with Crippen LogP contribution < -0.4 is 21.4 Å². The molecule has 4 N–H and O–H groups in total. The van der Waals surface area contributed by atoms with Crippen LogP contribution in [0.2, 0.25) is 0 Å². The lowest BCUT2D eigenvalue weighted by Gasteiger charge is -2.07. The van der Waals surface area contributed by atoms with Crippen LogP contribution in [0.5, 0.6) is 5.75 Å². The number of carbonyl (C=O) groups is 3. The summed E-state index contributed by atoms with van der Waals surface area (Å²) in [5.41, 5.74) is 1.01. The molecule has 140 valence electrons. The second-order valence-corrected chi connectivity index (χ2v) is 5.16. The van der Waals surface area contributed by atoms with Gasteiger partial charge in [-0.3, -0.25) is 9.59 Å². The second kappa shape index (κ2) is 14.0. The molecule has 0 aromatic heterocycles. The Kier molecular flexibility index (Phi) is 12.6. The molecule has 0 radical (unpaired) electrons. The lowest BCUT2D eigenvalue weighted by Crippen LogP contribution is -2.34. The fourth-order valence-electron chi connectivity index (χ4n) is 1.86. The van der Waals surface area contributed by atoms with E-state index in [1.807, 2.05) is 26.0 Å². The molecular weight excluding hydrogens is 322 g/mol. The monoisotopic (exact) mass is 351 g/mol. The molecule has 0 heterocycles. The van der Waals surface area contributed by atoms with E-state index in [4.69, 9.17) is 5.90 Å². The number of nitrogens with one attached hydrogen (secondary N) is 2. The van der Waals surface area contributed by atoms with Crippen LogP contribution in [0, 0.1) is 0 Å². The zero-order valence-corrected chi connectivity index (χ0v) is 15.3. The highest BCUT2D eigenvalue weighted by Crippen LogP contribution is 2.11. The smallest absolute Gasteiger partial charge is 0.220 e. The number of benzene rings is 1. The van der Waals surface area contributed by atoms with Crippen LogP contribution in [0.3, 0.4) is 0 Å². The van der Waals surface area contributed by atoms with E-state index >= 15 is 0 Å². The first-order valence-electron chi connectivity index (χ1n) is 8.49. The molecule has 0 fully saturated rings. The van der Waals surface area contributed by atoms with Crippen molar-refractivity contribution in [3.05, 3.63) is 29.8 Å². The predicted molar refractivity (Wildman–Crippen MR) is 96.9 cm³/mol. The molecule has 7 heteroatoms. The highest BCUT2D eigenvalue weighted by atomic mass is 16.6. The van der Waals surface area contributed by atoms with E-state index in [2.05, 4.69) is 15.5 Å². The van der Waals surface area contributed by atoms with Gasteiger partial charge in [0.15, 0.2) is 0 Å². The van der Waals surface area contributed by atoms with Crippen molar-refractivity contribution in [1.29, 1.82) is 0 Å². The normalized spacial score (nSPS) is 9.44. The molecule has 0 unspecified atom stereocenters. The van der Waals surface area contributed by atoms with E-state index in [1.165, 1.54) is 6.92 Å². The zero-order valence-electron chi connectivity index (χ0n) is 15.3. The summed E-state index contributed by atoms with van der Waals surface area (Å²) in [6.07, 6.45) is 1.40. The van der Waals surface area contributed by atoms with E-state index in [-0.39, 0.29) is 30.4 Å². The highest BCUT2D eigenvalue weighted by molar-refractivity contribution is 5.83. The van der Waals surface area contributed by atoms with Gasteiger partial charge in [0.1, 0.15) is 11.5 Å². The van der Waals surface area contributed by atoms with Gasteiger partial charge in [-0.15, -0.1) is 0 Å². The first kappa shape index (κ1) is 22.6. The van der Waals surface area contributed by atoms with Crippen molar-refractivity contribution in [2.75, 3.05) is 13.1 Å². The number of ketones is 1. The molecule has 0 aliphatic heterocycles. The second-order valence-electron chi connectivity index (χ2n) is 5.16. The number of carbonyl (C=O) groups excluding carboxylic acids is 3. The molecule has 1 rings (SSSR count). The van der Waals surface area contributed by atoms with Gasteiger partial charge in [0.05, 0.1) is 0 Å². The summed E-state index contributed by atoms with van der Waals surface area (Å²) in [7, 11) is 0. The molecule has 0 aliphatic carbocycles. The van der Waals surface area contributed by atoms with Crippen LogP contribution in [-0.4, -0.2) is 30.7 Å². The van der Waals surface area contributed by atoms with Crippen molar-refractivity contribution >= 4 is 17.6 Å². The Bertz CT molecular complexity index is 530. The van der Waals surface area contributed by atoms with Crippen molar-refractivity contribution < 1.29 is 19.2 Å². The summed E-state index contributed by atoms with van der Waals surface area (Å²) in [6, 6.07) is 7.18. The van der Waals surface area contributed by atoms with Crippen molar-refractivity contribution in [2.45, 2.75) is 46.5 Å².